The fourth-order valence-corrected chi connectivity index (χ4v) is 4.29. The number of carbonyl (C=O) groups excluding carboxylic acids is 3. The van der Waals surface area contributed by atoms with Gasteiger partial charge < -0.3 is 14.4 Å². The van der Waals surface area contributed by atoms with Crippen LogP contribution in [-0.4, -0.2) is 63.1 Å². The van der Waals surface area contributed by atoms with E-state index in [1.54, 1.807) is 25.7 Å². The lowest BCUT2D eigenvalue weighted by Crippen LogP contribution is -2.63. The van der Waals surface area contributed by atoms with Crippen LogP contribution < -0.4 is 0 Å². The van der Waals surface area contributed by atoms with Crippen molar-refractivity contribution in [3.63, 3.8) is 0 Å². The van der Waals surface area contributed by atoms with Gasteiger partial charge in [-0.25, -0.2) is 9.59 Å². The van der Waals surface area contributed by atoms with Crippen molar-refractivity contribution < 1.29 is 23.9 Å². The Bertz CT molecular complexity index is 703. The Morgan fingerprint density at radius 3 is 2.32 bits per heavy atom. The maximum atomic E-state index is 13.6. The van der Waals surface area contributed by atoms with Crippen LogP contribution in [0.25, 0.3) is 0 Å². The normalized spacial score (nSPS) is 30.0. The quantitative estimate of drug-likeness (QED) is 0.506. The first-order valence-corrected chi connectivity index (χ1v) is 10.1. The lowest BCUT2D eigenvalue weighted by atomic mass is 9.89. The Labute approximate surface area is 167 Å². The Kier molecular flexibility index (Phi) is 5.01. The van der Waals surface area contributed by atoms with Crippen molar-refractivity contribution in [1.82, 2.24) is 9.80 Å². The second-order valence-electron chi connectivity index (χ2n) is 9.93. The van der Waals surface area contributed by atoms with Crippen molar-refractivity contribution in [3.05, 3.63) is 12.2 Å². The first-order valence-electron chi connectivity index (χ1n) is 10.1. The second kappa shape index (κ2) is 6.78. The van der Waals surface area contributed by atoms with E-state index in [2.05, 4.69) is 0 Å². The standard InChI is InChI=1S/C21H32N2O5/c1-19(2,3)27-16(24)15-9-8-14-10-12-21(17(25)23(14)15)11-7-13-22(21)18(26)28-20(4,5)6/h10,12,14-15H,7-9,11,13H2,1-6H3/t14-,15-,21+/m0/s1. The van der Waals surface area contributed by atoms with E-state index in [1.807, 2.05) is 32.9 Å². The van der Waals surface area contributed by atoms with E-state index < -0.39 is 28.9 Å². The van der Waals surface area contributed by atoms with E-state index in [9.17, 15) is 14.4 Å². The summed E-state index contributed by atoms with van der Waals surface area (Å²) < 4.78 is 11.1. The minimum absolute atomic E-state index is 0.128. The van der Waals surface area contributed by atoms with E-state index >= 15 is 0 Å². The fraction of sp³-hybridized carbons (Fsp3) is 0.762. The summed E-state index contributed by atoms with van der Waals surface area (Å²) in [6, 6.07) is -0.739. The molecule has 0 aliphatic carbocycles. The highest BCUT2D eigenvalue weighted by molar-refractivity contribution is 5.97. The van der Waals surface area contributed by atoms with Gasteiger partial charge in [-0.1, -0.05) is 12.2 Å². The van der Waals surface area contributed by atoms with Gasteiger partial charge in [-0.2, -0.15) is 0 Å². The van der Waals surface area contributed by atoms with Crippen LogP contribution in [0.4, 0.5) is 4.79 Å². The van der Waals surface area contributed by atoms with Crippen molar-refractivity contribution in [2.24, 2.45) is 0 Å². The number of fused-ring (bicyclic) bond motifs is 1. The van der Waals surface area contributed by atoms with Crippen molar-refractivity contribution >= 4 is 18.0 Å². The molecule has 0 aromatic carbocycles. The van der Waals surface area contributed by atoms with Gasteiger partial charge in [0.2, 0.25) is 0 Å². The summed E-state index contributed by atoms with van der Waals surface area (Å²) in [5.74, 6) is -0.577. The van der Waals surface area contributed by atoms with E-state index in [0.717, 1.165) is 0 Å². The molecule has 2 saturated heterocycles. The summed E-state index contributed by atoms with van der Waals surface area (Å²) >= 11 is 0. The predicted octanol–water partition coefficient (Wildman–Crippen LogP) is 3.03. The van der Waals surface area contributed by atoms with Gasteiger partial charge in [0.1, 0.15) is 22.8 Å². The van der Waals surface area contributed by atoms with E-state index in [-0.39, 0.29) is 17.9 Å². The Balaban J connectivity index is 1.87. The number of likely N-dealkylation sites (tertiary alicyclic amines) is 1. The van der Waals surface area contributed by atoms with Crippen LogP contribution in [0.5, 0.6) is 0 Å². The number of hydrogen-bond donors (Lipinski definition) is 0. The number of nitrogens with zero attached hydrogens (tertiary/aromatic N) is 2. The van der Waals surface area contributed by atoms with E-state index in [1.165, 1.54) is 4.90 Å². The minimum Gasteiger partial charge on any atom is -0.458 e. The molecule has 3 aliphatic rings. The smallest absolute Gasteiger partial charge is 0.411 e. The summed E-state index contributed by atoms with van der Waals surface area (Å²) in [6.07, 6.45) is 5.86. The maximum Gasteiger partial charge on any atom is 0.411 e. The Morgan fingerprint density at radius 1 is 1.07 bits per heavy atom. The van der Waals surface area contributed by atoms with Gasteiger partial charge in [0, 0.05) is 6.54 Å². The van der Waals surface area contributed by atoms with Crippen LogP contribution >= 0.6 is 0 Å². The first-order chi connectivity index (χ1) is 12.8. The molecule has 28 heavy (non-hydrogen) atoms. The molecule has 0 aromatic rings. The van der Waals surface area contributed by atoms with Crippen molar-refractivity contribution in [2.45, 2.75) is 96.1 Å². The third-order valence-corrected chi connectivity index (χ3v) is 5.34. The highest BCUT2D eigenvalue weighted by Crippen LogP contribution is 2.41. The van der Waals surface area contributed by atoms with Gasteiger partial charge in [-0.3, -0.25) is 9.69 Å². The zero-order valence-electron chi connectivity index (χ0n) is 17.8. The predicted molar refractivity (Wildman–Crippen MR) is 104 cm³/mol. The molecule has 3 aliphatic heterocycles. The molecule has 0 bridgehead atoms. The van der Waals surface area contributed by atoms with Crippen molar-refractivity contribution in [2.75, 3.05) is 6.54 Å². The van der Waals surface area contributed by atoms with Crippen LogP contribution in [0.1, 0.15) is 67.2 Å². The zero-order valence-corrected chi connectivity index (χ0v) is 17.8. The van der Waals surface area contributed by atoms with Crippen LogP contribution in [0.3, 0.4) is 0 Å². The minimum atomic E-state index is -1.07. The van der Waals surface area contributed by atoms with Crippen LogP contribution in [0.15, 0.2) is 12.2 Å². The molecule has 0 saturated carbocycles. The Morgan fingerprint density at radius 2 is 1.71 bits per heavy atom. The largest absolute Gasteiger partial charge is 0.458 e. The molecule has 7 heteroatoms. The highest BCUT2D eigenvalue weighted by Gasteiger charge is 2.57. The van der Waals surface area contributed by atoms with Gasteiger partial charge in [-0.05, 0) is 67.2 Å². The summed E-state index contributed by atoms with van der Waals surface area (Å²) in [5.41, 5.74) is -2.32. The average Bonchev–Trinajstić information content (AvgIpc) is 3.13. The number of ether oxygens (including phenoxy) is 2. The molecule has 0 N–H and O–H groups in total. The SMILES string of the molecule is CC(C)(C)OC(=O)[C@@H]1CC[C@H]2C=C[C@]3(CCCN3C(=O)OC(C)(C)C)C(=O)N21. The lowest BCUT2D eigenvalue weighted by molar-refractivity contribution is -0.165. The fourth-order valence-electron chi connectivity index (χ4n) is 4.29. The maximum absolute atomic E-state index is 13.6. The molecule has 0 aromatic heterocycles. The molecule has 3 atom stereocenters. The molecule has 3 rings (SSSR count). The van der Waals surface area contributed by atoms with Crippen LogP contribution in [-0.2, 0) is 19.1 Å². The monoisotopic (exact) mass is 392 g/mol. The number of carbonyl (C=O) groups is 3. The molecular formula is C21H32N2O5. The first kappa shape index (κ1) is 20.7. The van der Waals surface area contributed by atoms with Crippen LogP contribution in [0.2, 0.25) is 0 Å². The van der Waals surface area contributed by atoms with Gasteiger partial charge in [0.15, 0.2) is 0 Å². The van der Waals surface area contributed by atoms with E-state index in [0.29, 0.717) is 32.2 Å². The molecule has 2 fully saturated rings. The van der Waals surface area contributed by atoms with Crippen LogP contribution in [0, 0.1) is 0 Å². The average molecular weight is 392 g/mol. The molecule has 1 spiro atoms. The molecular weight excluding hydrogens is 360 g/mol. The third kappa shape index (κ3) is 3.76. The molecule has 3 heterocycles. The number of hydrogen-bond acceptors (Lipinski definition) is 5. The number of esters is 1. The van der Waals surface area contributed by atoms with Gasteiger partial charge in [-0.15, -0.1) is 0 Å². The molecule has 156 valence electrons. The summed E-state index contributed by atoms with van der Waals surface area (Å²) in [5, 5.41) is 0. The molecule has 2 amide bonds. The number of amides is 2. The summed E-state index contributed by atoms with van der Waals surface area (Å²) in [4.78, 5) is 42.3. The summed E-state index contributed by atoms with van der Waals surface area (Å²) in [6.45, 7) is 11.3. The summed E-state index contributed by atoms with van der Waals surface area (Å²) in [7, 11) is 0. The zero-order chi connectivity index (χ0) is 20.9. The van der Waals surface area contributed by atoms with Gasteiger partial charge in [0.05, 0.1) is 6.04 Å². The second-order valence-corrected chi connectivity index (χ2v) is 9.93. The number of rotatable bonds is 1. The van der Waals surface area contributed by atoms with Gasteiger partial charge in [0.25, 0.3) is 5.91 Å². The van der Waals surface area contributed by atoms with Gasteiger partial charge >= 0.3 is 12.1 Å². The topological polar surface area (TPSA) is 76.1 Å². The third-order valence-electron chi connectivity index (χ3n) is 5.34. The molecule has 0 unspecified atom stereocenters. The lowest BCUT2D eigenvalue weighted by Gasteiger charge is -2.43. The highest BCUT2D eigenvalue weighted by atomic mass is 16.6. The van der Waals surface area contributed by atoms with Crippen molar-refractivity contribution in [3.8, 4) is 0 Å². The van der Waals surface area contributed by atoms with Crippen molar-refractivity contribution in [1.29, 1.82) is 0 Å². The Hall–Kier alpha value is -2.05. The molecule has 0 radical (unpaired) electrons. The van der Waals surface area contributed by atoms with E-state index in [4.69, 9.17) is 9.47 Å². The molecule has 7 nitrogen and oxygen atoms in total.